The number of thiol groups is 1. The molecule has 0 saturated heterocycles. The largest absolute Gasteiger partial charge is 0.379 e. The van der Waals surface area contributed by atoms with Crippen molar-refractivity contribution < 1.29 is 4.74 Å². The fraction of sp³-hybridized carbons (Fsp3) is 0.538. The Hall–Kier alpha value is -1.09. The van der Waals surface area contributed by atoms with Crippen LogP contribution in [0.2, 0.25) is 0 Å². The molecule has 0 radical (unpaired) electrons. The fourth-order valence-corrected chi connectivity index (χ4v) is 1.72. The van der Waals surface area contributed by atoms with E-state index in [1.54, 1.807) is 6.20 Å². The van der Waals surface area contributed by atoms with Gasteiger partial charge in [-0.25, -0.2) is 0 Å². The highest BCUT2D eigenvalue weighted by Crippen LogP contribution is 2.03. The number of hydrogen-bond acceptors (Lipinski definition) is 5. The van der Waals surface area contributed by atoms with E-state index in [9.17, 15) is 0 Å². The van der Waals surface area contributed by atoms with Crippen molar-refractivity contribution >= 4 is 12.6 Å². The van der Waals surface area contributed by atoms with E-state index in [2.05, 4.69) is 28.6 Å². The molecule has 0 aliphatic heterocycles. The van der Waals surface area contributed by atoms with Gasteiger partial charge in [0.05, 0.1) is 19.3 Å². The van der Waals surface area contributed by atoms with E-state index >= 15 is 0 Å². The van der Waals surface area contributed by atoms with Crippen LogP contribution in [0.1, 0.15) is 12.0 Å². The molecule has 0 aliphatic rings. The van der Waals surface area contributed by atoms with Crippen LogP contribution in [0.25, 0.3) is 0 Å². The minimum absolute atomic E-state index is 0.535. The number of ether oxygens (including phenoxy) is 1. The first-order chi connectivity index (χ1) is 8.86. The zero-order valence-corrected chi connectivity index (χ0v) is 11.4. The van der Waals surface area contributed by atoms with Crippen LogP contribution in [0, 0.1) is 11.3 Å². The summed E-state index contributed by atoms with van der Waals surface area (Å²) < 4.78 is 5.41. The van der Waals surface area contributed by atoms with Crippen molar-refractivity contribution in [3.05, 3.63) is 30.1 Å². The van der Waals surface area contributed by atoms with Crippen LogP contribution in [0.5, 0.6) is 0 Å². The summed E-state index contributed by atoms with van der Waals surface area (Å²) in [6, 6.07) is 6.14. The Morgan fingerprint density at radius 1 is 1.39 bits per heavy atom. The van der Waals surface area contributed by atoms with Crippen molar-refractivity contribution in [2.24, 2.45) is 0 Å². The van der Waals surface area contributed by atoms with Gasteiger partial charge in [-0.1, -0.05) is 6.07 Å². The first-order valence-electron chi connectivity index (χ1n) is 6.03. The van der Waals surface area contributed by atoms with Gasteiger partial charge < -0.3 is 4.74 Å². The van der Waals surface area contributed by atoms with Crippen LogP contribution in [-0.4, -0.2) is 41.9 Å². The molecule has 1 aromatic heterocycles. The Bertz CT molecular complexity index is 353. The van der Waals surface area contributed by atoms with Crippen LogP contribution >= 0.6 is 12.6 Å². The number of aromatic nitrogens is 1. The zero-order chi connectivity index (χ0) is 13.1. The Labute approximate surface area is 114 Å². The van der Waals surface area contributed by atoms with Crippen LogP contribution in [-0.2, 0) is 11.3 Å². The summed E-state index contributed by atoms with van der Waals surface area (Å²) in [6.07, 6.45) is 4.15. The van der Waals surface area contributed by atoms with Gasteiger partial charge >= 0.3 is 0 Å². The minimum Gasteiger partial charge on any atom is -0.379 e. The number of pyridine rings is 1. The average Bonchev–Trinajstić information content (AvgIpc) is 2.41. The molecular formula is C13H19N3OS. The molecule has 0 spiro atoms. The predicted octanol–water partition coefficient (Wildman–Crippen LogP) is 1.74. The molecule has 0 N–H and O–H groups in total. The molecule has 0 aliphatic carbocycles. The molecule has 0 aromatic carbocycles. The van der Waals surface area contributed by atoms with Gasteiger partial charge in [0, 0.05) is 44.2 Å². The summed E-state index contributed by atoms with van der Waals surface area (Å²) in [5.41, 5.74) is 1.16. The van der Waals surface area contributed by atoms with Gasteiger partial charge in [0.25, 0.3) is 0 Å². The summed E-state index contributed by atoms with van der Waals surface area (Å²) in [5, 5.41) is 8.66. The molecular weight excluding hydrogens is 246 g/mol. The maximum Gasteiger partial charge on any atom is 0.0635 e. The van der Waals surface area contributed by atoms with Gasteiger partial charge in [-0.2, -0.15) is 17.9 Å². The Morgan fingerprint density at radius 3 is 2.94 bits per heavy atom. The zero-order valence-electron chi connectivity index (χ0n) is 10.5. The molecule has 18 heavy (non-hydrogen) atoms. The van der Waals surface area contributed by atoms with Gasteiger partial charge in [-0.3, -0.25) is 9.88 Å². The third-order valence-electron chi connectivity index (χ3n) is 2.46. The molecule has 0 amide bonds. The Kier molecular flexibility index (Phi) is 8.23. The first kappa shape index (κ1) is 15.0. The molecule has 0 bridgehead atoms. The van der Waals surface area contributed by atoms with E-state index in [-0.39, 0.29) is 0 Å². The number of hydrogen-bond donors (Lipinski definition) is 1. The van der Waals surface area contributed by atoms with Gasteiger partial charge in [0.1, 0.15) is 0 Å². The lowest BCUT2D eigenvalue weighted by atomic mass is 10.2. The van der Waals surface area contributed by atoms with E-state index in [0.717, 1.165) is 31.0 Å². The Balaban J connectivity index is 2.37. The minimum atomic E-state index is 0.535. The average molecular weight is 265 g/mol. The maximum absolute atomic E-state index is 8.66. The monoisotopic (exact) mass is 265 g/mol. The normalized spacial score (nSPS) is 10.5. The van der Waals surface area contributed by atoms with Crippen LogP contribution in [0.3, 0.4) is 0 Å². The smallest absolute Gasteiger partial charge is 0.0635 e. The molecule has 5 heteroatoms. The number of rotatable bonds is 9. The van der Waals surface area contributed by atoms with Crippen molar-refractivity contribution in [2.45, 2.75) is 13.0 Å². The standard InChI is InChI=1S/C13H19N3OS/c14-4-2-6-16(7-8-17-9-10-18)12-13-3-1-5-15-11-13/h1,3,5,11,18H,2,6-10,12H2. The molecule has 4 nitrogen and oxygen atoms in total. The molecule has 98 valence electrons. The molecule has 0 unspecified atom stereocenters. The summed E-state index contributed by atoms with van der Waals surface area (Å²) >= 11 is 4.09. The maximum atomic E-state index is 8.66. The predicted molar refractivity (Wildman–Crippen MR) is 74.4 cm³/mol. The lowest BCUT2D eigenvalue weighted by Crippen LogP contribution is -2.28. The SMILES string of the molecule is N#CCCN(CCOCCS)Cc1cccnc1. The van der Waals surface area contributed by atoms with Gasteiger partial charge in [0.2, 0.25) is 0 Å². The summed E-state index contributed by atoms with van der Waals surface area (Å²) in [7, 11) is 0. The van der Waals surface area contributed by atoms with Crippen molar-refractivity contribution in [1.29, 1.82) is 5.26 Å². The lowest BCUT2D eigenvalue weighted by Gasteiger charge is -2.20. The van der Waals surface area contributed by atoms with Crippen molar-refractivity contribution in [3.8, 4) is 6.07 Å². The summed E-state index contributed by atoms with van der Waals surface area (Å²) in [5.74, 6) is 0.737. The second-order valence-corrected chi connectivity index (χ2v) is 4.33. The van der Waals surface area contributed by atoms with E-state index in [1.165, 1.54) is 0 Å². The van der Waals surface area contributed by atoms with E-state index in [1.807, 2.05) is 18.3 Å². The summed E-state index contributed by atoms with van der Waals surface area (Å²) in [4.78, 5) is 6.30. The fourth-order valence-electron chi connectivity index (χ4n) is 1.59. The van der Waals surface area contributed by atoms with E-state index in [0.29, 0.717) is 19.6 Å². The molecule has 1 aromatic rings. The molecule has 0 saturated carbocycles. The van der Waals surface area contributed by atoms with E-state index < -0.39 is 0 Å². The van der Waals surface area contributed by atoms with Gasteiger partial charge in [-0.05, 0) is 11.6 Å². The highest BCUT2D eigenvalue weighted by molar-refractivity contribution is 7.80. The lowest BCUT2D eigenvalue weighted by molar-refractivity contribution is 0.113. The summed E-state index contributed by atoms with van der Waals surface area (Å²) in [6.45, 7) is 3.73. The second-order valence-electron chi connectivity index (χ2n) is 3.88. The number of nitrogens with zero attached hydrogens (tertiary/aromatic N) is 3. The molecule has 0 atom stereocenters. The highest BCUT2D eigenvalue weighted by atomic mass is 32.1. The second kappa shape index (κ2) is 9.89. The first-order valence-corrected chi connectivity index (χ1v) is 6.67. The topological polar surface area (TPSA) is 49.2 Å². The van der Waals surface area contributed by atoms with Crippen LogP contribution in [0.15, 0.2) is 24.5 Å². The third-order valence-corrected chi connectivity index (χ3v) is 2.64. The highest BCUT2D eigenvalue weighted by Gasteiger charge is 2.05. The third kappa shape index (κ3) is 6.60. The van der Waals surface area contributed by atoms with Crippen molar-refractivity contribution in [3.63, 3.8) is 0 Å². The molecule has 1 heterocycles. The van der Waals surface area contributed by atoms with Crippen molar-refractivity contribution in [2.75, 3.05) is 32.1 Å². The van der Waals surface area contributed by atoms with Gasteiger partial charge in [-0.15, -0.1) is 0 Å². The quantitative estimate of drug-likeness (QED) is 0.546. The molecule has 0 fully saturated rings. The Morgan fingerprint density at radius 2 is 2.28 bits per heavy atom. The van der Waals surface area contributed by atoms with Crippen molar-refractivity contribution in [1.82, 2.24) is 9.88 Å². The van der Waals surface area contributed by atoms with Crippen LogP contribution < -0.4 is 0 Å². The molecule has 1 rings (SSSR count). The van der Waals surface area contributed by atoms with Crippen LogP contribution in [0.4, 0.5) is 0 Å². The number of nitriles is 1. The van der Waals surface area contributed by atoms with Gasteiger partial charge in [0.15, 0.2) is 0 Å². The van der Waals surface area contributed by atoms with E-state index in [4.69, 9.17) is 10.00 Å².